The molecule has 0 saturated heterocycles. The Morgan fingerprint density at radius 1 is 0.197 bits per heavy atom. The summed E-state index contributed by atoms with van der Waals surface area (Å²) in [4.78, 5) is 15.0. The molecule has 4 nitrogen and oxygen atoms in total. The first-order valence-electron chi connectivity index (χ1n) is 24.2. The van der Waals surface area contributed by atoms with Gasteiger partial charge in [0, 0.05) is 33.2 Å². The highest BCUT2D eigenvalue weighted by atomic mass is 15.0. The maximum atomic E-state index is 5.03. The van der Waals surface area contributed by atoms with E-state index in [2.05, 4.69) is 199 Å². The van der Waals surface area contributed by atoms with Crippen LogP contribution in [-0.2, 0) is 0 Å². The van der Waals surface area contributed by atoms with Gasteiger partial charge in [0.05, 0.1) is 11.0 Å². The van der Waals surface area contributed by atoms with E-state index in [-0.39, 0.29) is 0 Å². The Morgan fingerprint density at radius 3 is 0.803 bits per heavy atom. The Kier molecular flexibility index (Phi) is 9.49. The highest BCUT2D eigenvalue weighted by Crippen LogP contribution is 2.50. The minimum atomic E-state index is 0.635. The van der Waals surface area contributed by atoms with E-state index in [4.69, 9.17) is 15.0 Å². The molecule has 71 heavy (non-hydrogen) atoms. The average Bonchev–Trinajstić information content (AvgIpc) is 3.79. The van der Waals surface area contributed by atoms with Crippen molar-refractivity contribution in [3.63, 3.8) is 0 Å². The minimum Gasteiger partial charge on any atom is -0.309 e. The number of benzene rings is 12. The molecular formula is C67H42N4. The number of hydrogen-bond acceptors (Lipinski definition) is 3. The van der Waals surface area contributed by atoms with Crippen LogP contribution in [0.3, 0.4) is 0 Å². The zero-order chi connectivity index (χ0) is 46.8. The van der Waals surface area contributed by atoms with Crippen LogP contribution in [0.2, 0.25) is 0 Å². The molecule has 0 bridgehead atoms. The van der Waals surface area contributed by atoms with Gasteiger partial charge in [0.1, 0.15) is 0 Å². The topological polar surface area (TPSA) is 43.6 Å². The summed E-state index contributed by atoms with van der Waals surface area (Å²) in [6.45, 7) is 0. The van der Waals surface area contributed by atoms with Crippen molar-refractivity contribution in [2.24, 2.45) is 0 Å². The monoisotopic (exact) mass is 902 g/mol. The summed E-state index contributed by atoms with van der Waals surface area (Å²) in [5.74, 6) is 1.93. The first-order valence-corrected chi connectivity index (χ1v) is 24.2. The van der Waals surface area contributed by atoms with E-state index in [0.717, 1.165) is 27.9 Å². The third-order valence-corrected chi connectivity index (χ3v) is 14.2. The van der Waals surface area contributed by atoms with E-state index in [1.54, 1.807) is 0 Å². The largest absolute Gasteiger partial charge is 0.309 e. The lowest BCUT2D eigenvalue weighted by molar-refractivity contribution is 1.07. The van der Waals surface area contributed by atoms with Gasteiger partial charge in [-0.15, -0.1) is 0 Å². The molecule has 14 rings (SSSR count). The molecule has 12 aromatic carbocycles. The van der Waals surface area contributed by atoms with Crippen LogP contribution < -0.4 is 0 Å². The fourth-order valence-corrected chi connectivity index (χ4v) is 11.1. The number of rotatable bonds is 7. The summed E-state index contributed by atoms with van der Waals surface area (Å²) in [6, 6.07) is 91.5. The van der Waals surface area contributed by atoms with E-state index in [0.29, 0.717) is 17.5 Å². The molecular weight excluding hydrogens is 861 g/mol. The summed E-state index contributed by atoms with van der Waals surface area (Å²) in [5, 5.41) is 12.2. The van der Waals surface area contributed by atoms with E-state index in [1.165, 1.54) is 92.7 Å². The lowest BCUT2D eigenvalue weighted by Crippen LogP contribution is -2.00. The van der Waals surface area contributed by atoms with Crippen LogP contribution in [0.1, 0.15) is 0 Å². The van der Waals surface area contributed by atoms with Gasteiger partial charge < -0.3 is 4.57 Å². The molecule has 330 valence electrons. The molecule has 0 aliphatic heterocycles. The van der Waals surface area contributed by atoms with E-state index in [9.17, 15) is 0 Å². The highest BCUT2D eigenvalue weighted by molar-refractivity contribution is 6.30. The zero-order valence-corrected chi connectivity index (χ0v) is 38.5. The molecule has 0 aliphatic carbocycles. The molecule has 0 N–H and O–H groups in total. The molecule has 0 fully saturated rings. The van der Waals surface area contributed by atoms with Crippen molar-refractivity contribution in [2.45, 2.75) is 0 Å². The Labute approximate surface area is 410 Å². The summed E-state index contributed by atoms with van der Waals surface area (Å²) in [6.07, 6.45) is 0. The Bertz CT molecular complexity index is 4140. The molecule has 0 saturated carbocycles. The molecule has 2 heterocycles. The van der Waals surface area contributed by atoms with E-state index >= 15 is 0 Å². The fraction of sp³-hybridized carbons (Fsp3) is 0. The van der Waals surface area contributed by atoms with Gasteiger partial charge in [-0.25, -0.2) is 15.0 Å². The Morgan fingerprint density at radius 2 is 0.451 bits per heavy atom. The van der Waals surface area contributed by atoms with Crippen LogP contribution >= 0.6 is 0 Å². The maximum absolute atomic E-state index is 5.03. The van der Waals surface area contributed by atoms with Crippen molar-refractivity contribution in [3.05, 3.63) is 255 Å². The van der Waals surface area contributed by atoms with Crippen molar-refractivity contribution in [2.75, 3.05) is 0 Å². The van der Waals surface area contributed by atoms with Crippen LogP contribution in [0.4, 0.5) is 0 Å². The van der Waals surface area contributed by atoms with Crippen molar-refractivity contribution in [1.29, 1.82) is 0 Å². The maximum Gasteiger partial charge on any atom is 0.164 e. The predicted octanol–water partition coefficient (Wildman–Crippen LogP) is 17.6. The SMILES string of the molecule is c1ccc(-c2nc(-c3ccccc3)nc(-c3ccc(-c4c5ccccc5c(-c5c6ccccc6c(-c6ccc(-n7c8ccccc8c8ccccc87)cc6)c6ccccc56)c5ccccc45)cc3)n2)cc1. The van der Waals surface area contributed by atoms with Crippen molar-refractivity contribution in [3.8, 4) is 73.2 Å². The lowest BCUT2D eigenvalue weighted by Gasteiger charge is -2.22. The normalized spacial score (nSPS) is 11.7. The van der Waals surface area contributed by atoms with Gasteiger partial charge in [0.2, 0.25) is 0 Å². The molecule has 0 atom stereocenters. The molecule has 4 heteroatoms. The molecule has 0 radical (unpaired) electrons. The van der Waals surface area contributed by atoms with Crippen LogP contribution in [0, 0.1) is 0 Å². The van der Waals surface area contributed by atoms with Crippen molar-refractivity contribution >= 4 is 64.9 Å². The van der Waals surface area contributed by atoms with E-state index in [1.807, 2.05) is 60.7 Å². The first kappa shape index (κ1) is 40.5. The third-order valence-electron chi connectivity index (χ3n) is 14.2. The van der Waals surface area contributed by atoms with Crippen LogP contribution in [0.5, 0.6) is 0 Å². The van der Waals surface area contributed by atoms with Gasteiger partial charge in [-0.3, -0.25) is 0 Å². The molecule has 14 aromatic rings. The average molecular weight is 903 g/mol. The molecule has 0 spiro atoms. The Hall–Kier alpha value is -9.51. The van der Waals surface area contributed by atoms with Gasteiger partial charge in [-0.05, 0) is 101 Å². The van der Waals surface area contributed by atoms with Gasteiger partial charge in [-0.1, -0.05) is 231 Å². The third kappa shape index (κ3) is 6.64. The fourth-order valence-electron chi connectivity index (χ4n) is 11.1. The molecule has 0 unspecified atom stereocenters. The van der Waals surface area contributed by atoms with Crippen LogP contribution in [-0.4, -0.2) is 19.5 Å². The number of nitrogens with zero attached hydrogens (tertiary/aromatic N) is 4. The molecule has 2 aromatic heterocycles. The molecule has 0 amide bonds. The zero-order valence-electron chi connectivity index (χ0n) is 38.5. The van der Waals surface area contributed by atoms with Gasteiger partial charge >= 0.3 is 0 Å². The van der Waals surface area contributed by atoms with Crippen LogP contribution in [0.25, 0.3) is 138 Å². The first-order chi connectivity index (χ1) is 35.2. The van der Waals surface area contributed by atoms with Gasteiger partial charge in [-0.2, -0.15) is 0 Å². The molecule has 0 aliphatic rings. The summed E-state index contributed by atoms with van der Waals surface area (Å²) in [5.41, 5.74) is 13.6. The number of para-hydroxylation sites is 2. The van der Waals surface area contributed by atoms with Crippen molar-refractivity contribution < 1.29 is 0 Å². The summed E-state index contributed by atoms with van der Waals surface area (Å²) in [7, 11) is 0. The smallest absolute Gasteiger partial charge is 0.164 e. The summed E-state index contributed by atoms with van der Waals surface area (Å²) >= 11 is 0. The quantitative estimate of drug-likeness (QED) is 0.150. The lowest BCUT2D eigenvalue weighted by atomic mass is 9.81. The minimum absolute atomic E-state index is 0.635. The van der Waals surface area contributed by atoms with Gasteiger partial charge in [0.25, 0.3) is 0 Å². The number of fused-ring (bicyclic) bond motifs is 7. The van der Waals surface area contributed by atoms with Crippen molar-refractivity contribution in [1.82, 2.24) is 19.5 Å². The number of aromatic nitrogens is 4. The van der Waals surface area contributed by atoms with E-state index < -0.39 is 0 Å². The highest BCUT2D eigenvalue weighted by Gasteiger charge is 2.23. The van der Waals surface area contributed by atoms with Crippen LogP contribution in [0.15, 0.2) is 255 Å². The second-order valence-corrected chi connectivity index (χ2v) is 18.2. The Balaban J connectivity index is 0.933. The standard InChI is InChI=1S/C67H42N4/c1-3-19-45(20-4-1)65-68-66(46-21-5-2-6-22-46)70-67(69-65)47-37-35-43(36-38-47)61-51-25-7-11-29-55(51)63(56-30-12-8-26-52(56)61)64-57-31-13-9-27-53(57)62(54-28-10-14-32-58(54)64)44-39-41-48(42-40-44)71-59-33-17-15-23-49(59)50-24-16-18-34-60(50)71/h1-42H. The second-order valence-electron chi connectivity index (χ2n) is 18.2. The second kappa shape index (κ2) is 16.6. The number of hydrogen-bond donors (Lipinski definition) is 0. The van der Waals surface area contributed by atoms with Gasteiger partial charge in [0.15, 0.2) is 17.5 Å². The summed E-state index contributed by atoms with van der Waals surface area (Å²) < 4.78 is 2.39. The predicted molar refractivity (Wildman–Crippen MR) is 297 cm³/mol.